The number of nitrogens with zero attached hydrogens (tertiary/aromatic N) is 1. The maximum absolute atomic E-state index is 12.6. The van der Waals surface area contributed by atoms with Crippen molar-refractivity contribution < 1.29 is 19.0 Å². The fourth-order valence-corrected chi connectivity index (χ4v) is 3.41. The number of hydrogen-bond acceptors (Lipinski definition) is 5. The van der Waals surface area contributed by atoms with E-state index in [-0.39, 0.29) is 12.7 Å². The van der Waals surface area contributed by atoms with Crippen LogP contribution in [0.1, 0.15) is 12.6 Å². The molecule has 8 heteroatoms. The minimum absolute atomic E-state index is 0.167. The fraction of sp³-hybridized carbons (Fsp3) is 0.200. The predicted molar refractivity (Wildman–Crippen MR) is 108 cm³/mol. The van der Waals surface area contributed by atoms with E-state index in [0.29, 0.717) is 43.9 Å². The van der Waals surface area contributed by atoms with Gasteiger partial charge in [-0.2, -0.15) is 0 Å². The van der Waals surface area contributed by atoms with Crippen LogP contribution in [0.25, 0.3) is 10.9 Å². The number of amides is 1. The second kappa shape index (κ2) is 7.37. The highest BCUT2D eigenvalue weighted by Gasteiger charge is 2.21. The van der Waals surface area contributed by atoms with E-state index < -0.39 is 6.10 Å². The Kier molecular flexibility index (Phi) is 4.91. The third kappa shape index (κ3) is 3.53. The third-order valence-corrected chi connectivity index (χ3v) is 4.87. The zero-order valence-electron chi connectivity index (χ0n) is 15.1. The summed E-state index contributed by atoms with van der Waals surface area (Å²) in [6.07, 6.45) is -0.824. The van der Waals surface area contributed by atoms with E-state index in [1.54, 1.807) is 31.2 Å². The predicted octanol–water partition coefficient (Wildman–Crippen LogP) is 4.98. The minimum atomic E-state index is -0.824. The topological polar surface area (TPSA) is 69.7 Å². The van der Waals surface area contributed by atoms with Gasteiger partial charge >= 0.3 is 0 Å². The molecule has 1 aliphatic rings. The van der Waals surface area contributed by atoms with E-state index in [2.05, 4.69) is 10.3 Å². The molecule has 0 bridgehead atoms. The lowest BCUT2D eigenvalue weighted by atomic mass is 10.2. The van der Waals surface area contributed by atoms with E-state index in [0.717, 1.165) is 5.69 Å². The molecule has 0 saturated heterocycles. The molecule has 0 saturated carbocycles. The normalized spacial score (nSPS) is 13.4. The van der Waals surface area contributed by atoms with Crippen LogP contribution in [-0.4, -0.2) is 23.8 Å². The SMILES string of the molecule is Cc1ccc2c(Cl)cc(Cl)c(OC(C)C(=O)Nc3ccc4c(c3)OCO4)c2n1. The van der Waals surface area contributed by atoms with Crippen LogP contribution < -0.4 is 19.5 Å². The molecule has 6 nitrogen and oxygen atoms in total. The molecular formula is C20H16Cl2N2O4. The smallest absolute Gasteiger partial charge is 0.265 e. The standard InChI is InChI=1S/C20H16Cl2N2O4/c1-10-3-5-13-14(21)8-15(22)19(18(13)23-10)28-11(2)20(25)24-12-4-6-16-17(7-12)27-9-26-16/h3-8,11H,9H2,1-2H3,(H,24,25). The highest BCUT2D eigenvalue weighted by molar-refractivity contribution is 6.39. The summed E-state index contributed by atoms with van der Waals surface area (Å²) in [6, 6.07) is 10.4. The van der Waals surface area contributed by atoms with Crippen molar-refractivity contribution in [3.05, 3.63) is 52.1 Å². The molecule has 1 N–H and O–H groups in total. The number of rotatable bonds is 4. The highest BCUT2D eigenvalue weighted by atomic mass is 35.5. The number of fused-ring (bicyclic) bond motifs is 2. The molecule has 0 aliphatic carbocycles. The molecule has 28 heavy (non-hydrogen) atoms. The van der Waals surface area contributed by atoms with Gasteiger partial charge in [0.1, 0.15) is 5.52 Å². The summed E-state index contributed by atoms with van der Waals surface area (Å²) in [5.74, 6) is 1.20. The van der Waals surface area contributed by atoms with Crippen molar-refractivity contribution in [3.8, 4) is 17.2 Å². The van der Waals surface area contributed by atoms with Crippen LogP contribution in [0, 0.1) is 6.92 Å². The average molecular weight is 419 g/mol. The van der Waals surface area contributed by atoms with Crippen LogP contribution in [0.4, 0.5) is 5.69 Å². The van der Waals surface area contributed by atoms with Crippen LogP contribution >= 0.6 is 23.2 Å². The molecule has 2 heterocycles. The molecule has 0 radical (unpaired) electrons. The number of pyridine rings is 1. The van der Waals surface area contributed by atoms with Gasteiger partial charge in [-0.05, 0) is 44.2 Å². The van der Waals surface area contributed by atoms with Crippen molar-refractivity contribution >= 4 is 45.7 Å². The van der Waals surface area contributed by atoms with Gasteiger partial charge < -0.3 is 19.5 Å². The molecule has 144 valence electrons. The summed E-state index contributed by atoms with van der Waals surface area (Å²) in [7, 11) is 0. The number of nitrogens with one attached hydrogen (secondary N) is 1. The summed E-state index contributed by atoms with van der Waals surface area (Å²) in [6.45, 7) is 3.66. The Morgan fingerprint density at radius 3 is 2.75 bits per heavy atom. The third-order valence-electron chi connectivity index (χ3n) is 4.28. The van der Waals surface area contributed by atoms with Gasteiger partial charge in [-0.3, -0.25) is 4.79 Å². The first-order valence-electron chi connectivity index (χ1n) is 8.55. The van der Waals surface area contributed by atoms with Crippen molar-refractivity contribution in [3.63, 3.8) is 0 Å². The molecular weight excluding hydrogens is 403 g/mol. The molecule has 1 atom stereocenters. The molecule has 1 aromatic heterocycles. The first-order chi connectivity index (χ1) is 13.4. The lowest BCUT2D eigenvalue weighted by molar-refractivity contribution is -0.122. The second-order valence-electron chi connectivity index (χ2n) is 6.34. The van der Waals surface area contributed by atoms with E-state index in [4.69, 9.17) is 37.4 Å². The number of anilines is 1. The Bertz CT molecular complexity index is 1090. The number of halogens is 2. The molecule has 0 spiro atoms. The van der Waals surface area contributed by atoms with Crippen molar-refractivity contribution in [2.24, 2.45) is 0 Å². The molecule has 0 fully saturated rings. The Labute approximate surface area is 171 Å². The van der Waals surface area contributed by atoms with Crippen molar-refractivity contribution in [1.29, 1.82) is 0 Å². The number of carbonyl (C=O) groups is 1. The second-order valence-corrected chi connectivity index (χ2v) is 7.15. The zero-order chi connectivity index (χ0) is 19.8. The summed E-state index contributed by atoms with van der Waals surface area (Å²) in [5.41, 5.74) is 1.87. The zero-order valence-corrected chi connectivity index (χ0v) is 16.6. The lowest BCUT2D eigenvalue weighted by Gasteiger charge is -2.17. The van der Waals surface area contributed by atoms with Gasteiger partial charge in [0.2, 0.25) is 6.79 Å². The summed E-state index contributed by atoms with van der Waals surface area (Å²) < 4.78 is 16.5. The van der Waals surface area contributed by atoms with Crippen LogP contribution in [0.5, 0.6) is 17.2 Å². The number of aryl methyl sites for hydroxylation is 1. The monoisotopic (exact) mass is 418 g/mol. The number of hydrogen-bond donors (Lipinski definition) is 1. The summed E-state index contributed by atoms with van der Waals surface area (Å²) in [5, 5.41) is 4.26. The first-order valence-corrected chi connectivity index (χ1v) is 9.30. The average Bonchev–Trinajstić information content (AvgIpc) is 3.12. The lowest BCUT2D eigenvalue weighted by Crippen LogP contribution is -2.30. The van der Waals surface area contributed by atoms with E-state index in [1.807, 2.05) is 19.1 Å². The number of ether oxygens (including phenoxy) is 3. The number of aromatic nitrogens is 1. The van der Waals surface area contributed by atoms with Crippen molar-refractivity contribution in [1.82, 2.24) is 4.98 Å². The summed E-state index contributed by atoms with van der Waals surface area (Å²) >= 11 is 12.6. The van der Waals surface area contributed by atoms with Gasteiger partial charge in [0, 0.05) is 22.8 Å². The van der Waals surface area contributed by atoms with Gasteiger partial charge in [-0.15, -0.1) is 0 Å². The number of carbonyl (C=O) groups excluding carboxylic acids is 1. The quantitative estimate of drug-likeness (QED) is 0.646. The van der Waals surface area contributed by atoms with Gasteiger partial charge in [0.15, 0.2) is 23.4 Å². The van der Waals surface area contributed by atoms with Crippen molar-refractivity contribution in [2.75, 3.05) is 12.1 Å². The Hall–Kier alpha value is -2.70. The van der Waals surface area contributed by atoms with Gasteiger partial charge in [-0.1, -0.05) is 23.2 Å². The molecule has 4 rings (SSSR count). The van der Waals surface area contributed by atoms with Crippen LogP contribution in [-0.2, 0) is 4.79 Å². The van der Waals surface area contributed by atoms with Crippen molar-refractivity contribution in [2.45, 2.75) is 20.0 Å². The maximum Gasteiger partial charge on any atom is 0.265 e. The molecule has 3 aromatic rings. The Balaban J connectivity index is 1.57. The van der Waals surface area contributed by atoms with E-state index in [9.17, 15) is 4.79 Å². The summed E-state index contributed by atoms with van der Waals surface area (Å²) in [4.78, 5) is 17.1. The largest absolute Gasteiger partial charge is 0.477 e. The molecule has 1 unspecified atom stereocenters. The molecule has 1 aliphatic heterocycles. The highest BCUT2D eigenvalue weighted by Crippen LogP contribution is 2.38. The van der Waals surface area contributed by atoms with Crippen LogP contribution in [0.15, 0.2) is 36.4 Å². The van der Waals surface area contributed by atoms with E-state index in [1.165, 1.54) is 0 Å². The minimum Gasteiger partial charge on any atom is -0.477 e. The van der Waals surface area contributed by atoms with E-state index >= 15 is 0 Å². The van der Waals surface area contributed by atoms with Gasteiger partial charge in [0.25, 0.3) is 5.91 Å². The first kappa shape index (κ1) is 18.7. The van der Waals surface area contributed by atoms with Crippen LogP contribution in [0.2, 0.25) is 10.0 Å². The number of benzene rings is 2. The fourth-order valence-electron chi connectivity index (χ4n) is 2.85. The van der Waals surface area contributed by atoms with Crippen LogP contribution in [0.3, 0.4) is 0 Å². The van der Waals surface area contributed by atoms with Gasteiger partial charge in [0.05, 0.1) is 10.0 Å². The molecule has 1 amide bonds. The molecule has 2 aromatic carbocycles. The van der Waals surface area contributed by atoms with Gasteiger partial charge in [-0.25, -0.2) is 4.98 Å². The maximum atomic E-state index is 12.6. The Morgan fingerprint density at radius 2 is 1.93 bits per heavy atom. The Morgan fingerprint density at radius 1 is 1.14 bits per heavy atom.